The van der Waals surface area contributed by atoms with Crippen LogP contribution in [0.25, 0.3) is 0 Å². The second kappa shape index (κ2) is 9.41. The van der Waals surface area contributed by atoms with E-state index < -0.39 is 4.92 Å². The molecule has 0 unspecified atom stereocenters. The van der Waals surface area contributed by atoms with E-state index in [4.69, 9.17) is 4.74 Å². The maximum absolute atomic E-state index is 10.7. The van der Waals surface area contributed by atoms with Gasteiger partial charge in [-0.15, -0.1) is 0 Å². The third-order valence-electron chi connectivity index (χ3n) is 4.45. The molecule has 0 amide bonds. The molecule has 0 fully saturated rings. The molecule has 0 radical (unpaired) electrons. The van der Waals surface area contributed by atoms with Gasteiger partial charge in [0.1, 0.15) is 12.4 Å². The Bertz CT molecular complexity index is 1010. The van der Waals surface area contributed by atoms with Gasteiger partial charge in [0.15, 0.2) is 0 Å². The summed E-state index contributed by atoms with van der Waals surface area (Å²) in [6, 6.07) is 16.7. The molecule has 0 atom stereocenters. The predicted octanol–water partition coefficient (Wildman–Crippen LogP) is 6.93. The first-order valence-corrected chi connectivity index (χ1v) is 10.6. The molecule has 0 aliphatic heterocycles. The van der Waals surface area contributed by atoms with Crippen LogP contribution in [0.15, 0.2) is 63.5 Å². The molecule has 0 aliphatic rings. The molecule has 1 N–H and O–H groups in total. The molecule has 5 nitrogen and oxygen atoms in total. The Labute approximate surface area is 186 Å². The van der Waals surface area contributed by atoms with E-state index in [2.05, 4.69) is 69.2 Å². The van der Waals surface area contributed by atoms with Crippen LogP contribution in [0.5, 0.6) is 5.75 Å². The molecule has 0 spiro atoms. The summed E-state index contributed by atoms with van der Waals surface area (Å²) in [7, 11) is 0. The lowest BCUT2D eigenvalue weighted by molar-refractivity contribution is -0.384. The van der Waals surface area contributed by atoms with E-state index in [1.54, 1.807) is 12.1 Å². The van der Waals surface area contributed by atoms with Gasteiger partial charge in [-0.25, -0.2) is 0 Å². The lowest BCUT2D eigenvalue weighted by Gasteiger charge is -2.14. The number of ether oxygens (including phenoxy) is 1. The molecule has 7 heteroatoms. The Kier molecular flexibility index (Phi) is 6.92. The second-order valence-corrected chi connectivity index (χ2v) is 8.48. The SMILES string of the molecule is Cc1ccc(NCc2cc(Br)c(OCc3ccc([N+](=O)[O-])cc3)c(Br)c2)c(C)c1. The molecule has 3 rings (SSSR count). The van der Waals surface area contributed by atoms with Gasteiger partial charge in [0.25, 0.3) is 5.69 Å². The predicted molar refractivity (Wildman–Crippen MR) is 123 cm³/mol. The highest BCUT2D eigenvalue weighted by molar-refractivity contribution is 9.11. The zero-order valence-electron chi connectivity index (χ0n) is 16.0. The molecule has 0 saturated carbocycles. The van der Waals surface area contributed by atoms with Gasteiger partial charge in [-0.3, -0.25) is 10.1 Å². The summed E-state index contributed by atoms with van der Waals surface area (Å²) in [6.45, 7) is 5.18. The zero-order valence-corrected chi connectivity index (χ0v) is 19.2. The number of nitrogens with one attached hydrogen (secondary N) is 1. The smallest absolute Gasteiger partial charge is 0.269 e. The molecule has 0 aliphatic carbocycles. The number of rotatable bonds is 7. The van der Waals surface area contributed by atoms with Crippen molar-refractivity contribution in [3.8, 4) is 5.75 Å². The number of non-ortho nitro benzene ring substituents is 1. The minimum absolute atomic E-state index is 0.0665. The average molecular weight is 520 g/mol. The lowest BCUT2D eigenvalue weighted by atomic mass is 10.1. The normalized spacial score (nSPS) is 10.6. The fourth-order valence-corrected chi connectivity index (χ4v) is 4.44. The van der Waals surface area contributed by atoms with Gasteiger partial charge in [0, 0.05) is 24.4 Å². The van der Waals surface area contributed by atoms with Crippen LogP contribution in [0.3, 0.4) is 0 Å². The first-order chi connectivity index (χ1) is 13.8. The third-order valence-corrected chi connectivity index (χ3v) is 5.63. The number of nitrogens with zero attached hydrogens (tertiary/aromatic N) is 1. The Morgan fingerprint density at radius 1 is 0.966 bits per heavy atom. The molecule has 0 bridgehead atoms. The van der Waals surface area contributed by atoms with Crippen molar-refractivity contribution in [2.75, 3.05) is 5.32 Å². The largest absolute Gasteiger partial charge is 0.487 e. The summed E-state index contributed by atoms with van der Waals surface area (Å²) in [6.07, 6.45) is 0. The van der Waals surface area contributed by atoms with Gasteiger partial charge in [-0.1, -0.05) is 17.7 Å². The average Bonchev–Trinajstić information content (AvgIpc) is 2.67. The monoisotopic (exact) mass is 518 g/mol. The summed E-state index contributed by atoms with van der Waals surface area (Å²) in [5.74, 6) is 0.693. The van der Waals surface area contributed by atoms with Crippen LogP contribution in [0.4, 0.5) is 11.4 Å². The van der Waals surface area contributed by atoms with Crippen molar-refractivity contribution in [2.24, 2.45) is 0 Å². The number of benzene rings is 3. The van der Waals surface area contributed by atoms with Gasteiger partial charge in [0.05, 0.1) is 13.9 Å². The van der Waals surface area contributed by atoms with Crippen molar-refractivity contribution in [1.29, 1.82) is 0 Å². The van der Waals surface area contributed by atoms with Crippen LogP contribution in [-0.2, 0) is 13.2 Å². The minimum atomic E-state index is -0.414. The fourth-order valence-electron chi connectivity index (χ4n) is 2.93. The van der Waals surface area contributed by atoms with Crippen LogP contribution in [0.2, 0.25) is 0 Å². The van der Waals surface area contributed by atoms with E-state index in [-0.39, 0.29) is 5.69 Å². The summed E-state index contributed by atoms with van der Waals surface area (Å²) in [5, 5.41) is 14.2. The van der Waals surface area contributed by atoms with E-state index in [0.29, 0.717) is 18.9 Å². The molecule has 0 saturated heterocycles. The van der Waals surface area contributed by atoms with Crippen LogP contribution in [0, 0.1) is 24.0 Å². The number of halogens is 2. The van der Waals surface area contributed by atoms with Crippen LogP contribution >= 0.6 is 31.9 Å². The van der Waals surface area contributed by atoms with Gasteiger partial charge in [0.2, 0.25) is 0 Å². The molecule has 3 aromatic rings. The van der Waals surface area contributed by atoms with Gasteiger partial charge in [-0.2, -0.15) is 0 Å². The topological polar surface area (TPSA) is 64.4 Å². The lowest BCUT2D eigenvalue weighted by Crippen LogP contribution is -2.03. The van der Waals surface area contributed by atoms with Crippen molar-refractivity contribution in [1.82, 2.24) is 0 Å². The van der Waals surface area contributed by atoms with Gasteiger partial charge < -0.3 is 10.1 Å². The molecular weight excluding hydrogens is 500 g/mol. The second-order valence-electron chi connectivity index (χ2n) is 6.77. The Balaban J connectivity index is 1.66. The summed E-state index contributed by atoms with van der Waals surface area (Å²) < 4.78 is 7.60. The van der Waals surface area contributed by atoms with Crippen LogP contribution in [-0.4, -0.2) is 4.92 Å². The number of nitro benzene ring substituents is 1. The van der Waals surface area contributed by atoms with E-state index in [9.17, 15) is 10.1 Å². The fraction of sp³-hybridized carbons (Fsp3) is 0.182. The summed E-state index contributed by atoms with van der Waals surface area (Å²) in [5.41, 5.74) is 5.60. The van der Waals surface area contributed by atoms with Crippen molar-refractivity contribution < 1.29 is 9.66 Å². The first kappa shape index (κ1) is 21.3. The van der Waals surface area contributed by atoms with Crippen molar-refractivity contribution in [2.45, 2.75) is 27.0 Å². The van der Waals surface area contributed by atoms with Gasteiger partial charge in [-0.05, 0) is 92.7 Å². The van der Waals surface area contributed by atoms with Crippen LogP contribution < -0.4 is 10.1 Å². The van der Waals surface area contributed by atoms with E-state index in [1.807, 2.05) is 12.1 Å². The highest BCUT2D eigenvalue weighted by Crippen LogP contribution is 2.35. The highest BCUT2D eigenvalue weighted by atomic mass is 79.9. The zero-order chi connectivity index (χ0) is 21.0. The quantitative estimate of drug-likeness (QED) is 0.271. The number of anilines is 1. The van der Waals surface area contributed by atoms with E-state index in [0.717, 1.165) is 25.8 Å². The molecule has 29 heavy (non-hydrogen) atoms. The van der Waals surface area contributed by atoms with Crippen molar-refractivity contribution in [3.63, 3.8) is 0 Å². The van der Waals surface area contributed by atoms with E-state index in [1.165, 1.54) is 23.3 Å². The first-order valence-electron chi connectivity index (χ1n) is 8.98. The standard InChI is InChI=1S/C22H20Br2N2O3/c1-14-3-8-21(15(2)9-14)25-12-17-10-19(23)22(20(24)11-17)29-13-16-4-6-18(7-5-16)26(27)28/h3-11,25H,12-13H2,1-2H3. The number of hydrogen-bond donors (Lipinski definition) is 1. The van der Waals surface area contributed by atoms with Crippen molar-refractivity contribution in [3.05, 3.63) is 95.9 Å². The minimum Gasteiger partial charge on any atom is -0.487 e. The van der Waals surface area contributed by atoms with Crippen molar-refractivity contribution >= 4 is 43.2 Å². The molecule has 0 aromatic heterocycles. The van der Waals surface area contributed by atoms with Gasteiger partial charge >= 0.3 is 0 Å². The molecule has 150 valence electrons. The third kappa shape index (κ3) is 5.58. The van der Waals surface area contributed by atoms with Crippen LogP contribution in [0.1, 0.15) is 22.3 Å². The summed E-state index contributed by atoms with van der Waals surface area (Å²) >= 11 is 7.16. The Morgan fingerprint density at radius 2 is 1.62 bits per heavy atom. The highest BCUT2D eigenvalue weighted by Gasteiger charge is 2.11. The maximum atomic E-state index is 10.7. The maximum Gasteiger partial charge on any atom is 0.269 e. The number of hydrogen-bond acceptors (Lipinski definition) is 4. The summed E-state index contributed by atoms with van der Waals surface area (Å²) in [4.78, 5) is 10.3. The number of aryl methyl sites for hydroxylation is 2. The Morgan fingerprint density at radius 3 is 2.21 bits per heavy atom. The molecule has 0 heterocycles. The molecular formula is C22H20Br2N2O3. The Hall–Kier alpha value is -2.38. The van der Waals surface area contributed by atoms with E-state index >= 15 is 0 Å². The number of nitro groups is 1. The molecule has 3 aromatic carbocycles.